The Bertz CT molecular complexity index is 691. The Hall–Kier alpha value is -1.88. The minimum absolute atomic E-state index is 0.0828. The maximum atomic E-state index is 6.25. The van der Waals surface area contributed by atoms with E-state index in [1.54, 1.807) is 0 Å². The summed E-state index contributed by atoms with van der Waals surface area (Å²) in [7, 11) is 0. The minimum Gasteiger partial charge on any atom is -0.303 e. The van der Waals surface area contributed by atoms with Gasteiger partial charge in [-0.25, -0.2) is 0 Å². The van der Waals surface area contributed by atoms with Gasteiger partial charge >= 0.3 is 12.3 Å². The molecule has 0 saturated heterocycles. The lowest BCUT2D eigenvalue weighted by molar-refractivity contribution is -0.515. The lowest BCUT2D eigenvalue weighted by atomic mass is 10.3. The molecule has 0 aromatic rings. The first-order chi connectivity index (χ1) is 23.6. The molecule has 0 N–H and O–H groups in total. The molecule has 0 fully saturated rings. The zero-order chi connectivity index (χ0) is 35.3. The van der Waals surface area contributed by atoms with E-state index in [1.807, 2.05) is 0 Å². The van der Waals surface area contributed by atoms with Crippen LogP contribution < -0.4 is 0 Å². The van der Waals surface area contributed by atoms with Gasteiger partial charge in [0.15, 0.2) is 0 Å². The van der Waals surface area contributed by atoms with Gasteiger partial charge in [-0.2, -0.15) is 0 Å². The van der Waals surface area contributed by atoms with E-state index in [2.05, 4.69) is 114 Å². The van der Waals surface area contributed by atoms with Gasteiger partial charge in [0.05, 0.1) is 52.9 Å². The fraction of sp³-hybridized carbons (Fsp3) is 0.700. The van der Waals surface area contributed by atoms with Crippen LogP contribution in [-0.4, -0.2) is 65.2 Å². The summed E-state index contributed by atoms with van der Waals surface area (Å²) in [5.74, 6) is 0. The highest BCUT2D eigenvalue weighted by Gasteiger charge is 2.38. The maximum absolute atomic E-state index is 6.25. The van der Waals surface area contributed by atoms with Gasteiger partial charge in [-0.1, -0.05) is 114 Å². The van der Waals surface area contributed by atoms with Crippen molar-refractivity contribution in [2.75, 3.05) is 52.9 Å². The van der Waals surface area contributed by atoms with Gasteiger partial charge in [0.2, 0.25) is 0 Å². The van der Waals surface area contributed by atoms with Crippen molar-refractivity contribution >= 4 is 0 Å². The molecule has 0 rings (SSSR count). The number of ether oxygens (including phenoxy) is 8. The van der Waals surface area contributed by atoms with Crippen LogP contribution in [0.4, 0.5) is 0 Å². The normalized spacial score (nSPS) is 13.4. The van der Waals surface area contributed by atoms with Crippen LogP contribution in [0, 0.1) is 0 Å². The maximum Gasteiger partial charge on any atom is 0.412 e. The van der Waals surface area contributed by atoms with E-state index < -0.39 is 12.3 Å². The van der Waals surface area contributed by atoms with E-state index in [4.69, 9.17) is 37.9 Å². The molecule has 0 saturated carbocycles. The number of hydrogen-bond acceptors (Lipinski definition) is 8. The van der Waals surface area contributed by atoms with E-state index in [-0.39, 0.29) is 13.2 Å². The summed E-state index contributed by atoms with van der Waals surface area (Å²) >= 11 is 0. The van der Waals surface area contributed by atoms with Gasteiger partial charge in [0.25, 0.3) is 0 Å². The highest BCUT2D eigenvalue weighted by atomic mass is 17.0. The number of rotatable bonds is 35. The van der Waals surface area contributed by atoms with Gasteiger partial charge in [-0.15, -0.1) is 0 Å². The van der Waals surface area contributed by atoms with Crippen molar-refractivity contribution in [3.63, 3.8) is 0 Å². The molecule has 0 heterocycles. The van der Waals surface area contributed by atoms with Crippen molar-refractivity contribution in [2.45, 2.75) is 131 Å². The predicted octanol–water partition coefficient (Wildman–Crippen LogP) is 10.5. The Morgan fingerprint density at radius 2 is 0.417 bits per heavy atom. The summed E-state index contributed by atoms with van der Waals surface area (Å²) in [6, 6.07) is 0. The van der Waals surface area contributed by atoms with E-state index in [1.165, 1.54) is 0 Å². The first kappa shape index (κ1) is 46.1. The predicted molar refractivity (Wildman–Crippen MR) is 197 cm³/mol. The lowest BCUT2D eigenvalue weighted by Crippen LogP contribution is -2.46. The molecular weight excluding hydrogens is 608 g/mol. The van der Waals surface area contributed by atoms with Crippen LogP contribution in [0.1, 0.15) is 119 Å². The van der Waals surface area contributed by atoms with E-state index in [0.717, 1.165) is 38.5 Å². The second-order valence-electron chi connectivity index (χ2n) is 10.8. The van der Waals surface area contributed by atoms with Crippen molar-refractivity contribution in [3.05, 3.63) is 72.9 Å². The SMILES string of the molecule is CC/C=C\CCOC(OCC/C=C\CC)(OCC/C=C\CC)OCCOC(OCC/C=C\CC)(OCC/C=C\CC)OCC/C=C\CC. The van der Waals surface area contributed by atoms with Crippen LogP contribution in [0.3, 0.4) is 0 Å². The van der Waals surface area contributed by atoms with Crippen LogP contribution in [0.2, 0.25) is 0 Å². The molecule has 48 heavy (non-hydrogen) atoms. The molecule has 0 radical (unpaired) electrons. The fourth-order valence-electron chi connectivity index (χ4n) is 4.05. The zero-order valence-corrected chi connectivity index (χ0v) is 31.3. The molecule has 0 spiro atoms. The molecule has 0 aromatic carbocycles. The highest BCUT2D eigenvalue weighted by molar-refractivity contribution is 4.83. The topological polar surface area (TPSA) is 73.8 Å². The Kier molecular flexibility index (Phi) is 33.6. The van der Waals surface area contributed by atoms with Crippen LogP contribution in [0.15, 0.2) is 72.9 Å². The van der Waals surface area contributed by atoms with E-state index in [9.17, 15) is 0 Å². The summed E-state index contributed by atoms with van der Waals surface area (Å²) in [6.45, 7) is 15.0. The summed E-state index contributed by atoms with van der Waals surface area (Å²) in [5.41, 5.74) is 0. The largest absolute Gasteiger partial charge is 0.412 e. The summed E-state index contributed by atoms with van der Waals surface area (Å²) in [5, 5.41) is 0. The smallest absolute Gasteiger partial charge is 0.303 e. The van der Waals surface area contributed by atoms with Crippen molar-refractivity contribution in [2.24, 2.45) is 0 Å². The van der Waals surface area contributed by atoms with Crippen molar-refractivity contribution in [1.82, 2.24) is 0 Å². The molecule has 0 atom stereocenters. The van der Waals surface area contributed by atoms with E-state index >= 15 is 0 Å². The summed E-state index contributed by atoms with van der Waals surface area (Å²) < 4.78 is 49.7. The van der Waals surface area contributed by atoms with Crippen molar-refractivity contribution < 1.29 is 37.9 Å². The molecule has 0 aliphatic rings. The van der Waals surface area contributed by atoms with Gasteiger partial charge in [0.1, 0.15) is 0 Å². The standard InChI is InChI=1S/C40H70O8/c1-7-13-19-25-31-41-39(42-32-26-20-14-8-2,43-33-27-21-15-9-3)47-37-38-48-40(44-34-28-22-16-10-4,45-35-29-23-17-11-5)46-36-30-24-18-12-6/h13-24H,7-12,25-38H2,1-6H3/b19-13-,20-14-,21-15-,22-16-,23-17-,24-18-. The molecule has 8 nitrogen and oxygen atoms in total. The molecule has 8 heteroatoms. The van der Waals surface area contributed by atoms with Crippen molar-refractivity contribution in [1.29, 1.82) is 0 Å². The second kappa shape index (κ2) is 35.0. The molecule has 0 bridgehead atoms. The number of hydrogen-bond donors (Lipinski definition) is 0. The Balaban J connectivity index is 5.92. The van der Waals surface area contributed by atoms with Gasteiger partial charge in [-0.3, -0.25) is 0 Å². The Morgan fingerprint density at radius 3 is 0.583 bits per heavy atom. The summed E-state index contributed by atoms with van der Waals surface area (Å²) in [6.07, 6.45) is 31.8. The third-order valence-corrected chi connectivity index (χ3v) is 6.44. The zero-order valence-electron chi connectivity index (χ0n) is 31.3. The van der Waals surface area contributed by atoms with Gasteiger partial charge in [0, 0.05) is 0 Å². The molecule has 0 unspecified atom stereocenters. The third-order valence-electron chi connectivity index (χ3n) is 6.44. The Labute approximate surface area is 294 Å². The fourth-order valence-corrected chi connectivity index (χ4v) is 4.05. The van der Waals surface area contributed by atoms with Crippen LogP contribution in [0.5, 0.6) is 0 Å². The summed E-state index contributed by atoms with van der Waals surface area (Å²) in [4.78, 5) is 0. The molecule has 0 aromatic heterocycles. The third kappa shape index (κ3) is 27.0. The van der Waals surface area contributed by atoms with Gasteiger partial charge in [-0.05, 0) is 77.0 Å². The van der Waals surface area contributed by atoms with Crippen molar-refractivity contribution in [3.8, 4) is 0 Å². The minimum atomic E-state index is -1.68. The van der Waals surface area contributed by atoms with Crippen LogP contribution in [0.25, 0.3) is 0 Å². The molecule has 0 amide bonds. The molecule has 0 aliphatic heterocycles. The highest BCUT2D eigenvalue weighted by Crippen LogP contribution is 2.23. The first-order valence-electron chi connectivity index (χ1n) is 18.6. The van der Waals surface area contributed by atoms with Crippen LogP contribution >= 0.6 is 0 Å². The first-order valence-corrected chi connectivity index (χ1v) is 18.6. The average Bonchev–Trinajstić information content (AvgIpc) is 3.09. The average molecular weight is 679 g/mol. The van der Waals surface area contributed by atoms with Crippen LogP contribution in [-0.2, 0) is 37.9 Å². The van der Waals surface area contributed by atoms with E-state index in [0.29, 0.717) is 78.2 Å². The Morgan fingerprint density at radius 1 is 0.250 bits per heavy atom. The molecule has 278 valence electrons. The second-order valence-corrected chi connectivity index (χ2v) is 10.8. The number of allylic oxidation sites excluding steroid dienone is 6. The molecule has 0 aliphatic carbocycles. The quantitative estimate of drug-likeness (QED) is 0.0372. The molecular formula is C40H70O8. The van der Waals surface area contributed by atoms with Gasteiger partial charge < -0.3 is 37.9 Å². The lowest BCUT2D eigenvalue weighted by Gasteiger charge is -2.34. The monoisotopic (exact) mass is 679 g/mol.